The van der Waals surface area contributed by atoms with Gasteiger partial charge >= 0.3 is 6.09 Å². The lowest BCUT2D eigenvalue weighted by molar-refractivity contribution is -0.140. The van der Waals surface area contributed by atoms with Gasteiger partial charge in [-0.25, -0.2) is 9.78 Å². The molecule has 1 aliphatic carbocycles. The molecule has 10 nitrogen and oxygen atoms in total. The van der Waals surface area contributed by atoms with E-state index in [1.54, 1.807) is 0 Å². The Hall–Kier alpha value is -3.66. The molecule has 4 saturated heterocycles. The molecule has 0 bridgehead atoms. The van der Waals surface area contributed by atoms with E-state index in [4.69, 9.17) is 9.72 Å². The maximum atomic E-state index is 12.6. The van der Waals surface area contributed by atoms with Crippen molar-refractivity contribution < 1.29 is 19.1 Å². The predicted molar refractivity (Wildman–Crippen MR) is 172 cm³/mol. The molecule has 0 radical (unpaired) electrons. The first kappa shape index (κ1) is 30.0. The molecule has 4 aliphatic heterocycles. The van der Waals surface area contributed by atoms with Crippen LogP contribution in [-0.4, -0.2) is 79.6 Å². The van der Waals surface area contributed by atoms with Crippen LogP contribution in [0.15, 0.2) is 48.7 Å². The topological polar surface area (TPSA) is 107 Å². The maximum Gasteiger partial charge on any atom is 0.407 e. The number of alkyl carbamates (subject to hydrolysis) is 1. The first-order chi connectivity index (χ1) is 21.9. The summed E-state index contributed by atoms with van der Waals surface area (Å²) in [6.45, 7) is 7.34. The highest BCUT2D eigenvalue weighted by atomic mass is 16.5. The summed E-state index contributed by atoms with van der Waals surface area (Å²) in [5, 5.41) is 5.61. The Labute approximate surface area is 265 Å². The van der Waals surface area contributed by atoms with Gasteiger partial charge in [-0.2, -0.15) is 0 Å². The van der Waals surface area contributed by atoms with Crippen molar-refractivity contribution in [2.75, 3.05) is 55.6 Å². The third-order valence-electron chi connectivity index (χ3n) is 11.3. The van der Waals surface area contributed by atoms with E-state index in [1.165, 1.54) is 37.9 Å². The fourth-order valence-electron chi connectivity index (χ4n) is 8.37. The summed E-state index contributed by atoms with van der Waals surface area (Å²) in [5.74, 6) is 1.37. The van der Waals surface area contributed by atoms with Crippen molar-refractivity contribution in [1.29, 1.82) is 0 Å². The molecule has 5 heterocycles. The first-order valence-corrected chi connectivity index (χ1v) is 16.9. The minimum Gasteiger partial charge on any atom is -0.445 e. The van der Waals surface area contributed by atoms with Crippen molar-refractivity contribution in [3.05, 3.63) is 54.2 Å². The SMILES string of the molecule is O=C1CCC2(CCN(c3ccc(N4CCC(CN5CCC6(CC5)CC(NC(=O)OCc5ccccc5)C6)CC4)cn3)C2)C(=O)N1. The lowest BCUT2D eigenvalue weighted by atomic mass is 9.60. The van der Waals surface area contributed by atoms with Crippen molar-refractivity contribution in [3.8, 4) is 0 Å². The molecule has 1 atom stereocenters. The monoisotopic (exact) mass is 614 g/mol. The second kappa shape index (κ2) is 12.6. The van der Waals surface area contributed by atoms with E-state index < -0.39 is 5.41 Å². The number of anilines is 2. The number of pyridine rings is 1. The summed E-state index contributed by atoms with van der Waals surface area (Å²) in [6, 6.07) is 14.3. The Kier molecular flexibility index (Phi) is 8.42. The second-order valence-electron chi connectivity index (χ2n) is 14.2. The fraction of sp³-hybridized carbons (Fsp3) is 0.600. The zero-order valence-electron chi connectivity index (χ0n) is 26.2. The molecule has 45 heavy (non-hydrogen) atoms. The molecule has 240 valence electrons. The van der Waals surface area contributed by atoms with Crippen molar-refractivity contribution in [1.82, 2.24) is 20.5 Å². The lowest BCUT2D eigenvalue weighted by Gasteiger charge is -2.52. The van der Waals surface area contributed by atoms with E-state index in [0.717, 1.165) is 69.3 Å². The van der Waals surface area contributed by atoms with E-state index in [9.17, 15) is 14.4 Å². The fourth-order valence-corrected chi connectivity index (χ4v) is 8.37. The van der Waals surface area contributed by atoms with Crippen LogP contribution in [0.3, 0.4) is 0 Å². The van der Waals surface area contributed by atoms with E-state index in [2.05, 4.69) is 37.5 Å². The van der Waals surface area contributed by atoms with Gasteiger partial charge in [0.15, 0.2) is 0 Å². The average molecular weight is 615 g/mol. The molecule has 1 unspecified atom stereocenters. The lowest BCUT2D eigenvalue weighted by Crippen LogP contribution is -2.55. The van der Waals surface area contributed by atoms with Crippen molar-refractivity contribution in [3.63, 3.8) is 0 Å². The summed E-state index contributed by atoms with van der Waals surface area (Å²) >= 11 is 0. The van der Waals surface area contributed by atoms with Gasteiger partial charge in [-0.1, -0.05) is 30.3 Å². The minimum absolute atomic E-state index is 0.118. The number of carbonyl (C=O) groups is 3. The summed E-state index contributed by atoms with van der Waals surface area (Å²) in [6.07, 6.45) is 10.5. The molecule has 3 amide bonds. The largest absolute Gasteiger partial charge is 0.445 e. The number of benzene rings is 1. The highest BCUT2D eigenvalue weighted by molar-refractivity contribution is 6.01. The van der Waals surface area contributed by atoms with Crippen LogP contribution in [0.1, 0.15) is 63.4 Å². The molecule has 7 rings (SSSR count). The number of amides is 3. The minimum atomic E-state index is -0.457. The van der Waals surface area contributed by atoms with Crippen LogP contribution in [-0.2, 0) is 20.9 Å². The number of nitrogens with zero attached hydrogens (tertiary/aromatic N) is 4. The number of carbonyl (C=O) groups excluding carboxylic acids is 3. The molecule has 5 fully saturated rings. The van der Waals surface area contributed by atoms with E-state index in [0.29, 0.717) is 31.4 Å². The Morgan fingerprint density at radius 3 is 2.42 bits per heavy atom. The number of rotatable bonds is 7. The number of imide groups is 1. The third-order valence-corrected chi connectivity index (χ3v) is 11.3. The average Bonchev–Trinajstić information content (AvgIpc) is 3.49. The van der Waals surface area contributed by atoms with Crippen LogP contribution in [0, 0.1) is 16.7 Å². The zero-order chi connectivity index (χ0) is 30.9. The van der Waals surface area contributed by atoms with E-state index in [1.807, 2.05) is 36.5 Å². The quantitative estimate of drug-likeness (QED) is 0.449. The van der Waals surface area contributed by atoms with Crippen LogP contribution in [0.4, 0.5) is 16.3 Å². The summed E-state index contributed by atoms with van der Waals surface area (Å²) < 4.78 is 5.41. The second-order valence-corrected chi connectivity index (χ2v) is 14.2. The van der Waals surface area contributed by atoms with Crippen molar-refractivity contribution in [2.24, 2.45) is 16.7 Å². The van der Waals surface area contributed by atoms with Crippen LogP contribution in [0.5, 0.6) is 0 Å². The van der Waals surface area contributed by atoms with Gasteiger partial charge in [0.2, 0.25) is 11.8 Å². The van der Waals surface area contributed by atoms with Crippen LogP contribution < -0.4 is 20.4 Å². The Bertz CT molecular complexity index is 1360. The number of hydrogen-bond acceptors (Lipinski definition) is 8. The Morgan fingerprint density at radius 2 is 1.71 bits per heavy atom. The van der Waals surface area contributed by atoms with E-state index in [-0.39, 0.29) is 23.9 Å². The van der Waals surface area contributed by atoms with Gasteiger partial charge < -0.3 is 24.8 Å². The zero-order valence-corrected chi connectivity index (χ0v) is 26.2. The van der Waals surface area contributed by atoms with Gasteiger partial charge in [0, 0.05) is 45.2 Å². The highest BCUT2D eigenvalue weighted by Gasteiger charge is 2.48. The molecular formula is C35H46N6O4. The number of aromatic nitrogens is 1. The molecule has 1 aromatic heterocycles. The van der Waals surface area contributed by atoms with E-state index >= 15 is 0 Å². The molecule has 1 saturated carbocycles. The summed E-state index contributed by atoms with van der Waals surface area (Å²) in [5.41, 5.74) is 2.12. The Balaban J connectivity index is 0.800. The number of ether oxygens (including phenoxy) is 1. The van der Waals surface area contributed by atoms with Gasteiger partial charge in [0.1, 0.15) is 12.4 Å². The predicted octanol–water partition coefficient (Wildman–Crippen LogP) is 4.10. The molecule has 2 aromatic rings. The normalized spacial score (nSPS) is 25.8. The first-order valence-electron chi connectivity index (χ1n) is 16.9. The number of likely N-dealkylation sites (tertiary alicyclic amines) is 1. The number of nitrogens with one attached hydrogen (secondary N) is 2. The molecule has 5 aliphatic rings. The maximum absolute atomic E-state index is 12.6. The van der Waals surface area contributed by atoms with Gasteiger partial charge in [-0.05, 0) is 93.5 Å². The van der Waals surface area contributed by atoms with Gasteiger partial charge in [-0.15, -0.1) is 0 Å². The van der Waals surface area contributed by atoms with Crippen molar-refractivity contribution in [2.45, 2.75) is 70.4 Å². The molecule has 10 heteroatoms. The third kappa shape index (κ3) is 6.66. The molecule has 1 aromatic carbocycles. The van der Waals surface area contributed by atoms with Crippen LogP contribution in [0.25, 0.3) is 0 Å². The van der Waals surface area contributed by atoms with Gasteiger partial charge in [-0.3, -0.25) is 14.9 Å². The molecule has 2 N–H and O–H groups in total. The molecular weight excluding hydrogens is 568 g/mol. The number of hydrogen-bond donors (Lipinski definition) is 2. The standard InChI is InChI=1S/C35H46N6O4/c42-31-8-11-35(32(43)38-31)14-19-41(25-35)30-7-6-29(22-36-30)40-15-9-26(10-16-40)23-39-17-12-34(13-18-39)20-28(21-34)37-33(44)45-24-27-4-2-1-3-5-27/h1-7,22,26,28H,8-21,23-25H2,(H,37,44)(H,38,42,43). The molecule has 2 spiro atoms. The van der Waals surface area contributed by atoms with Crippen molar-refractivity contribution >= 4 is 29.4 Å². The van der Waals surface area contributed by atoms with Gasteiger partial charge in [0.25, 0.3) is 0 Å². The van der Waals surface area contributed by atoms with Crippen LogP contribution >= 0.6 is 0 Å². The van der Waals surface area contributed by atoms with Crippen LogP contribution in [0.2, 0.25) is 0 Å². The number of piperidine rings is 3. The highest BCUT2D eigenvalue weighted by Crippen LogP contribution is 2.49. The smallest absolute Gasteiger partial charge is 0.407 e. The van der Waals surface area contributed by atoms with Gasteiger partial charge in [0.05, 0.1) is 17.3 Å². The summed E-state index contributed by atoms with van der Waals surface area (Å²) in [7, 11) is 0. The Morgan fingerprint density at radius 1 is 0.933 bits per heavy atom. The summed E-state index contributed by atoms with van der Waals surface area (Å²) in [4.78, 5) is 48.5.